The van der Waals surface area contributed by atoms with Crippen LogP contribution < -0.4 is 0 Å². The topological polar surface area (TPSA) is 87.1 Å². The highest BCUT2D eigenvalue weighted by Gasteiger charge is 2.17. The van der Waals surface area contributed by atoms with E-state index in [2.05, 4.69) is 4.74 Å². The molecule has 1 aliphatic heterocycles. The molecule has 0 aliphatic carbocycles. The molecule has 16 heavy (non-hydrogen) atoms. The molecule has 86 valence electrons. The van der Waals surface area contributed by atoms with E-state index in [9.17, 15) is 4.79 Å². The molecule has 1 heterocycles. The number of aromatic hydroxyl groups is 1. The Morgan fingerprint density at radius 3 is 2.00 bits per heavy atom. The fraction of sp³-hybridized carbons (Fsp3) is 0.0909. The largest absolute Gasteiger partial charge is 0.508 e. The summed E-state index contributed by atoms with van der Waals surface area (Å²) in [5, 5.41) is 16.8. The zero-order chi connectivity index (χ0) is 12.6. The maximum atomic E-state index is 9.57. The SMILES string of the molecule is C=O.Cc1ccccc1O.O=C(O)C1=CO1. The van der Waals surface area contributed by atoms with Crippen LogP contribution in [-0.4, -0.2) is 23.0 Å². The van der Waals surface area contributed by atoms with Crippen molar-refractivity contribution in [3.63, 3.8) is 0 Å². The first-order chi connectivity index (χ1) is 7.61. The van der Waals surface area contributed by atoms with E-state index < -0.39 is 5.97 Å². The molecule has 2 N–H and O–H groups in total. The Balaban J connectivity index is 0.000000251. The molecule has 5 heteroatoms. The second-order valence-electron chi connectivity index (χ2n) is 2.69. The van der Waals surface area contributed by atoms with Gasteiger partial charge in [0.1, 0.15) is 18.8 Å². The summed E-state index contributed by atoms with van der Waals surface area (Å²) in [5.41, 5.74) is 0.924. The number of hydrogen-bond acceptors (Lipinski definition) is 4. The van der Waals surface area contributed by atoms with Crippen LogP contribution >= 0.6 is 0 Å². The van der Waals surface area contributed by atoms with Crippen LogP contribution in [0.2, 0.25) is 0 Å². The minimum atomic E-state index is -0.991. The predicted octanol–water partition coefficient (Wildman–Crippen LogP) is 1.46. The Bertz CT molecular complexity index is 363. The molecule has 2 rings (SSSR count). The molecule has 0 aromatic heterocycles. The molecule has 0 amide bonds. The molecule has 0 fully saturated rings. The standard InChI is InChI=1S/C7H8O.C3H2O3.CH2O/c1-6-4-2-3-5-7(6)8;4-3(5)2-1-6-2;1-2/h2-5,8H,1H3;1H,(H,4,5);1H2. The molecular formula is C11H12O5. The second-order valence-corrected chi connectivity index (χ2v) is 2.69. The first kappa shape index (κ1) is 13.7. The summed E-state index contributed by atoms with van der Waals surface area (Å²) in [5.74, 6) is -0.572. The maximum Gasteiger partial charge on any atom is 0.375 e. The summed E-state index contributed by atoms with van der Waals surface area (Å²) in [4.78, 5) is 17.6. The average molecular weight is 224 g/mol. The number of rotatable bonds is 1. The van der Waals surface area contributed by atoms with E-state index in [1.165, 1.54) is 6.26 Å². The molecule has 0 bridgehead atoms. The Morgan fingerprint density at radius 1 is 1.31 bits per heavy atom. The van der Waals surface area contributed by atoms with Crippen LogP contribution in [0.5, 0.6) is 5.75 Å². The Hall–Kier alpha value is -2.30. The van der Waals surface area contributed by atoms with E-state index in [0.717, 1.165) is 5.56 Å². The number of carboxylic acids is 1. The van der Waals surface area contributed by atoms with Crippen LogP contribution in [0.15, 0.2) is 36.3 Å². The summed E-state index contributed by atoms with van der Waals surface area (Å²) < 4.78 is 4.16. The van der Waals surface area contributed by atoms with Gasteiger partial charge >= 0.3 is 5.97 Å². The van der Waals surface area contributed by atoms with Crippen molar-refractivity contribution in [2.24, 2.45) is 0 Å². The molecule has 1 aliphatic rings. The molecule has 1 aromatic rings. The number of phenolic OH excluding ortho intramolecular Hbond substituents is 1. The van der Waals surface area contributed by atoms with Crippen molar-refractivity contribution < 1.29 is 24.5 Å². The van der Waals surface area contributed by atoms with Gasteiger partial charge in [0.2, 0.25) is 5.76 Å². The fourth-order valence-electron chi connectivity index (χ4n) is 0.694. The van der Waals surface area contributed by atoms with E-state index in [1.807, 2.05) is 31.9 Å². The van der Waals surface area contributed by atoms with Crippen molar-refractivity contribution in [1.29, 1.82) is 0 Å². The van der Waals surface area contributed by atoms with Gasteiger partial charge in [0.05, 0.1) is 0 Å². The lowest BCUT2D eigenvalue weighted by molar-refractivity contribution is -0.133. The van der Waals surface area contributed by atoms with Gasteiger partial charge in [-0.1, -0.05) is 18.2 Å². The molecule has 0 unspecified atom stereocenters. The summed E-state index contributed by atoms with van der Waals surface area (Å²) in [6.45, 7) is 3.87. The highest BCUT2D eigenvalue weighted by molar-refractivity contribution is 5.86. The lowest BCUT2D eigenvalue weighted by atomic mass is 10.2. The van der Waals surface area contributed by atoms with Crippen molar-refractivity contribution in [3.05, 3.63) is 41.9 Å². The van der Waals surface area contributed by atoms with Crippen LogP contribution in [0.1, 0.15) is 5.56 Å². The number of para-hydroxylation sites is 1. The smallest absolute Gasteiger partial charge is 0.375 e. The van der Waals surface area contributed by atoms with Crippen molar-refractivity contribution in [1.82, 2.24) is 0 Å². The quantitative estimate of drug-likeness (QED) is 0.754. The average Bonchev–Trinajstić information content (AvgIpc) is 3.10. The predicted molar refractivity (Wildman–Crippen MR) is 56.8 cm³/mol. The van der Waals surface area contributed by atoms with Gasteiger partial charge in [-0.2, -0.15) is 0 Å². The van der Waals surface area contributed by atoms with E-state index in [4.69, 9.17) is 15.0 Å². The van der Waals surface area contributed by atoms with Crippen molar-refractivity contribution in [2.45, 2.75) is 6.92 Å². The van der Waals surface area contributed by atoms with Crippen molar-refractivity contribution in [2.75, 3.05) is 0 Å². The second kappa shape index (κ2) is 7.05. The molecular weight excluding hydrogens is 212 g/mol. The number of aryl methyl sites for hydroxylation is 1. The minimum Gasteiger partial charge on any atom is -0.508 e. The first-order valence-corrected chi connectivity index (χ1v) is 4.25. The Morgan fingerprint density at radius 2 is 1.81 bits per heavy atom. The van der Waals surface area contributed by atoms with Gasteiger partial charge in [0, 0.05) is 0 Å². The molecule has 1 aromatic carbocycles. The third-order valence-electron chi connectivity index (χ3n) is 1.56. The van der Waals surface area contributed by atoms with Crippen LogP contribution in [-0.2, 0) is 14.3 Å². The summed E-state index contributed by atoms with van der Waals surface area (Å²) in [6.07, 6.45) is 1.18. The van der Waals surface area contributed by atoms with Gasteiger partial charge in [-0.15, -0.1) is 0 Å². The summed E-state index contributed by atoms with van der Waals surface area (Å²) in [7, 11) is 0. The highest BCUT2D eigenvalue weighted by atomic mass is 16.6. The van der Waals surface area contributed by atoms with E-state index >= 15 is 0 Å². The van der Waals surface area contributed by atoms with Gasteiger partial charge in [-0.05, 0) is 18.6 Å². The number of carboxylic acid groups (broad SMARTS) is 1. The summed E-state index contributed by atoms with van der Waals surface area (Å²) in [6, 6.07) is 7.25. The van der Waals surface area contributed by atoms with Crippen LogP contribution in [0.4, 0.5) is 0 Å². The Labute approximate surface area is 92.6 Å². The molecule has 0 atom stereocenters. The first-order valence-electron chi connectivity index (χ1n) is 4.25. The maximum absolute atomic E-state index is 9.57. The molecule has 0 saturated carbocycles. The number of ether oxygens (including phenoxy) is 1. The van der Waals surface area contributed by atoms with E-state index in [-0.39, 0.29) is 5.76 Å². The number of phenols is 1. The highest BCUT2D eigenvalue weighted by Crippen LogP contribution is 2.12. The summed E-state index contributed by atoms with van der Waals surface area (Å²) >= 11 is 0. The van der Waals surface area contributed by atoms with Gasteiger partial charge < -0.3 is 19.7 Å². The molecule has 0 spiro atoms. The molecule has 5 nitrogen and oxygen atoms in total. The third kappa shape index (κ3) is 5.43. The fourth-order valence-corrected chi connectivity index (χ4v) is 0.694. The van der Waals surface area contributed by atoms with Gasteiger partial charge in [0.15, 0.2) is 0 Å². The van der Waals surface area contributed by atoms with Crippen molar-refractivity contribution in [3.8, 4) is 5.75 Å². The zero-order valence-corrected chi connectivity index (χ0v) is 8.71. The van der Waals surface area contributed by atoms with Crippen LogP contribution in [0.3, 0.4) is 0 Å². The minimum absolute atomic E-state index is 0.0509. The number of carbonyl (C=O) groups is 2. The van der Waals surface area contributed by atoms with Crippen LogP contribution in [0.25, 0.3) is 0 Å². The number of benzene rings is 1. The lowest BCUT2D eigenvalue weighted by Crippen LogP contribution is -1.88. The van der Waals surface area contributed by atoms with E-state index in [1.54, 1.807) is 6.07 Å². The number of aliphatic carboxylic acids is 1. The zero-order valence-electron chi connectivity index (χ0n) is 8.71. The lowest BCUT2D eigenvalue weighted by Gasteiger charge is -1.92. The molecule has 0 radical (unpaired) electrons. The van der Waals surface area contributed by atoms with Crippen LogP contribution in [0, 0.1) is 6.92 Å². The van der Waals surface area contributed by atoms with E-state index in [0.29, 0.717) is 5.75 Å². The third-order valence-corrected chi connectivity index (χ3v) is 1.56. The Kier molecular flexibility index (Phi) is 6.04. The molecule has 0 saturated heterocycles. The van der Waals surface area contributed by atoms with Gasteiger partial charge in [0.25, 0.3) is 0 Å². The number of hydrogen-bond donors (Lipinski definition) is 2. The van der Waals surface area contributed by atoms with Gasteiger partial charge in [-0.25, -0.2) is 4.79 Å². The normalized spacial score (nSPS) is 10.4. The van der Waals surface area contributed by atoms with Crippen molar-refractivity contribution >= 4 is 12.8 Å². The van der Waals surface area contributed by atoms with Gasteiger partial charge in [-0.3, -0.25) is 0 Å². The number of carbonyl (C=O) groups excluding carboxylic acids is 1. The monoisotopic (exact) mass is 224 g/mol.